The van der Waals surface area contributed by atoms with Crippen molar-refractivity contribution in [2.75, 3.05) is 38.4 Å². The van der Waals surface area contributed by atoms with Crippen LogP contribution in [0.15, 0.2) is 46.1 Å². The van der Waals surface area contributed by atoms with E-state index in [1.54, 1.807) is 4.58 Å². The third kappa shape index (κ3) is 4.46. The zero-order chi connectivity index (χ0) is 27.3. The molecule has 2 aromatic carbocycles. The Bertz CT molecular complexity index is 1560. The Labute approximate surface area is 225 Å². The molecule has 39 heavy (non-hydrogen) atoms. The molecule has 4 N–H and O–H groups in total. The fourth-order valence-corrected chi connectivity index (χ4v) is 6.28. The van der Waals surface area contributed by atoms with Crippen LogP contribution in [0.25, 0.3) is 11.3 Å². The number of hydrogen-bond donors (Lipinski definition) is 4. The summed E-state index contributed by atoms with van der Waals surface area (Å²) in [6, 6.07) is 9.96. The molecule has 2 atom stereocenters. The highest BCUT2D eigenvalue weighted by molar-refractivity contribution is 7.98. The van der Waals surface area contributed by atoms with Gasteiger partial charge in [-0.3, -0.25) is 10.2 Å². The second-order valence-corrected chi connectivity index (χ2v) is 10.6. The summed E-state index contributed by atoms with van der Waals surface area (Å²) in [5.41, 5.74) is 4.77. The SMILES string of the molecule is O=c1cc(-c2cc(F)c(F)c3c2Cc2ccccc2SC3)n2c(c1OC[C@@H](O)CO)C(O)=[N+]1CCOCC1N2. The van der Waals surface area contributed by atoms with E-state index in [9.17, 15) is 20.1 Å². The van der Waals surface area contributed by atoms with Crippen molar-refractivity contribution in [3.63, 3.8) is 0 Å². The molecule has 1 fully saturated rings. The number of aromatic nitrogens is 1. The molecule has 3 aromatic rings. The number of hydrogen-bond acceptors (Lipinski definition) is 7. The van der Waals surface area contributed by atoms with Crippen LogP contribution in [0.3, 0.4) is 0 Å². The number of nitrogens with one attached hydrogen (secondary N) is 1. The molecule has 0 spiro atoms. The average molecular weight is 559 g/mol. The molecule has 3 aliphatic rings. The van der Waals surface area contributed by atoms with E-state index in [1.807, 2.05) is 24.3 Å². The van der Waals surface area contributed by atoms with Crippen molar-refractivity contribution >= 4 is 17.7 Å². The Morgan fingerprint density at radius 1 is 1.26 bits per heavy atom. The smallest absolute Gasteiger partial charge is 0.392 e. The van der Waals surface area contributed by atoms with E-state index in [-0.39, 0.29) is 41.0 Å². The molecule has 1 saturated heterocycles. The summed E-state index contributed by atoms with van der Waals surface area (Å²) in [6.45, 7) is -0.0863. The molecule has 0 aliphatic carbocycles. The first-order chi connectivity index (χ1) is 18.9. The second-order valence-electron chi connectivity index (χ2n) is 9.54. The van der Waals surface area contributed by atoms with E-state index in [4.69, 9.17) is 9.47 Å². The summed E-state index contributed by atoms with van der Waals surface area (Å²) in [6.07, 6.45) is -1.45. The monoisotopic (exact) mass is 558 g/mol. The van der Waals surface area contributed by atoms with E-state index in [1.165, 1.54) is 22.5 Å². The molecule has 1 unspecified atom stereocenters. The number of pyridine rings is 1. The minimum Gasteiger partial charge on any atom is -0.484 e. The number of morpholine rings is 1. The number of nitrogens with zero attached hydrogens (tertiary/aromatic N) is 2. The maximum Gasteiger partial charge on any atom is 0.392 e. The Hall–Kier alpha value is -3.45. The topological polar surface area (TPSA) is 116 Å². The van der Waals surface area contributed by atoms with Gasteiger partial charge in [0.15, 0.2) is 18.2 Å². The van der Waals surface area contributed by atoms with Crippen LogP contribution in [0.1, 0.15) is 22.4 Å². The number of benzene rings is 2. The lowest BCUT2D eigenvalue weighted by atomic mass is 9.92. The summed E-state index contributed by atoms with van der Waals surface area (Å²) in [5, 5.41) is 30.3. The van der Waals surface area contributed by atoms with Gasteiger partial charge in [0.1, 0.15) is 25.9 Å². The molecule has 6 rings (SSSR count). The van der Waals surface area contributed by atoms with Gasteiger partial charge in [0.2, 0.25) is 16.9 Å². The van der Waals surface area contributed by atoms with Gasteiger partial charge in [-0.1, -0.05) is 18.2 Å². The molecule has 12 heteroatoms. The van der Waals surface area contributed by atoms with E-state index in [0.717, 1.165) is 16.5 Å². The van der Waals surface area contributed by atoms with E-state index < -0.39 is 42.5 Å². The van der Waals surface area contributed by atoms with Gasteiger partial charge in [0, 0.05) is 27.8 Å². The highest BCUT2D eigenvalue weighted by Crippen LogP contribution is 2.40. The van der Waals surface area contributed by atoms with Crippen molar-refractivity contribution < 1.29 is 38.1 Å². The lowest BCUT2D eigenvalue weighted by Crippen LogP contribution is -2.54. The highest BCUT2D eigenvalue weighted by Gasteiger charge is 2.41. The van der Waals surface area contributed by atoms with Crippen LogP contribution >= 0.6 is 11.8 Å². The molecule has 0 bridgehead atoms. The molecule has 0 saturated carbocycles. The molecule has 0 amide bonds. The molecule has 9 nitrogen and oxygen atoms in total. The minimum atomic E-state index is -1.25. The van der Waals surface area contributed by atoms with Crippen molar-refractivity contribution in [3.05, 3.63) is 80.6 Å². The Morgan fingerprint density at radius 3 is 2.90 bits per heavy atom. The van der Waals surface area contributed by atoms with E-state index in [2.05, 4.69) is 5.43 Å². The van der Waals surface area contributed by atoms with Gasteiger partial charge in [0.05, 0.1) is 12.3 Å². The van der Waals surface area contributed by atoms with Crippen LogP contribution in [-0.4, -0.2) is 75.7 Å². The standard InChI is InChI=1S/C27H25F2N3O6S/c28-19-8-17(16-7-14-3-1-2-4-22(14)39-13-18(16)24(19)29)20-9-21(35)26(38-11-15(34)10-33)25-27(36)31-5-6-37-12-23(31)30-32(20)25/h1-4,8-9,15,23,30,33-34H,5-7,10-13H2/p+1/t15-,23?/m0/s1. The molecule has 204 valence electrons. The van der Waals surface area contributed by atoms with Gasteiger partial charge in [-0.25, -0.2) is 13.5 Å². The first-order valence-corrected chi connectivity index (χ1v) is 13.5. The van der Waals surface area contributed by atoms with Crippen molar-refractivity contribution in [2.45, 2.75) is 29.3 Å². The highest BCUT2D eigenvalue weighted by atomic mass is 32.2. The first kappa shape index (κ1) is 25.8. The summed E-state index contributed by atoms with van der Waals surface area (Å²) in [7, 11) is 0. The normalized spacial score (nSPS) is 18.7. The van der Waals surface area contributed by atoms with E-state index >= 15 is 8.78 Å². The maximum absolute atomic E-state index is 15.2. The number of thioether (sulfide) groups is 1. The van der Waals surface area contributed by atoms with Gasteiger partial charge < -0.3 is 24.8 Å². The zero-order valence-corrected chi connectivity index (χ0v) is 21.5. The number of rotatable bonds is 5. The van der Waals surface area contributed by atoms with Crippen LogP contribution in [0.2, 0.25) is 0 Å². The molecular formula is C27H26F2N3O6S+. The third-order valence-electron chi connectivity index (χ3n) is 7.12. The van der Waals surface area contributed by atoms with Crippen LogP contribution in [0.4, 0.5) is 8.78 Å². The zero-order valence-electron chi connectivity index (χ0n) is 20.7. The van der Waals surface area contributed by atoms with Gasteiger partial charge in [-0.15, -0.1) is 11.8 Å². The lowest BCUT2D eigenvalue weighted by molar-refractivity contribution is -0.591. The molecule has 4 heterocycles. The Kier molecular flexibility index (Phi) is 6.79. The fraction of sp³-hybridized carbons (Fsp3) is 0.333. The number of aliphatic hydroxyl groups excluding tert-OH is 3. The van der Waals surface area contributed by atoms with Crippen molar-refractivity contribution in [1.29, 1.82) is 0 Å². The minimum absolute atomic E-state index is 0.0253. The fourth-order valence-electron chi connectivity index (χ4n) is 5.18. The number of ether oxygens (including phenoxy) is 2. The van der Waals surface area contributed by atoms with E-state index in [0.29, 0.717) is 30.7 Å². The second kappa shape index (κ2) is 10.3. The summed E-state index contributed by atoms with van der Waals surface area (Å²) in [5.74, 6) is -2.28. The molecular weight excluding hydrogens is 532 g/mol. The largest absolute Gasteiger partial charge is 0.484 e. The van der Waals surface area contributed by atoms with Crippen LogP contribution < -0.4 is 15.6 Å². The average Bonchev–Trinajstić information content (AvgIpc) is 3.14. The van der Waals surface area contributed by atoms with Gasteiger partial charge >= 0.3 is 5.90 Å². The number of aliphatic hydroxyl groups is 3. The third-order valence-corrected chi connectivity index (χ3v) is 8.26. The van der Waals surface area contributed by atoms with Gasteiger partial charge in [0.25, 0.3) is 6.17 Å². The predicted molar refractivity (Wildman–Crippen MR) is 139 cm³/mol. The molecule has 0 radical (unpaired) electrons. The maximum atomic E-state index is 15.2. The van der Waals surface area contributed by atoms with Crippen LogP contribution in [0.5, 0.6) is 5.75 Å². The molecule has 3 aliphatic heterocycles. The summed E-state index contributed by atoms with van der Waals surface area (Å²) < 4.78 is 44.4. The lowest BCUT2D eigenvalue weighted by Gasteiger charge is -2.32. The molecule has 1 aromatic heterocycles. The Balaban J connectivity index is 1.59. The summed E-state index contributed by atoms with van der Waals surface area (Å²) in [4.78, 5) is 14.4. The van der Waals surface area contributed by atoms with Gasteiger partial charge in [-0.2, -0.15) is 4.58 Å². The van der Waals surface area contributed by atoms with Crippen molar-refractivity contribution in [1.82, 2.24) is 4.68 Å². The van der Waals surface area contributed by atoms with Crippen LogP contribution in [0, 0.1) is 11.6 Å². The predicted octanol–water partition coefficient (Wildman–Crippen LogP) is 1.95. The Morgan fingerprint density at radius 2 is 2.08 bits per heavy atom. The summed E-state index contributed by atoms with van der Waals surface area (Å²) >= 11 is 1.42. The van der Waals surface area contributed by atoms with Crippen LogP contribution in [-0.2, 0) is 16.9 Å². The van der Waals surface area contributed by atoms with Crippen molar-refractivity contribution in [3.8, 4) is 17.0 Å². The van der Waals surface area contributed by atoms with Crippen molar-refractivity contribution in [2.24, 2.45) is 0 Å². The van der Waals surface area contributed by atoms with Gasteiger partial charge in [-0.05, 0) is 29.7 Å². The first-order valence-electron chi connectivity index (χ1n) is 12.5. The number of halogens is 2. The number of fused-ring (bicyclic) bond motifs is 4. The quantitative estimate of drug-likeness (QED) is 0.352.